The zero-order valence-electron chi connectivity index (χ0n) is 11.5. The number of ether oxygens (including phenoxy) is 2. The summed E-state index contributed by atoms with van der Waals surface area (Å²) in [5, 5.41) is 0. The molecule has 0 fully saturated rings. The van der Waals surface area contributed by atoms with E-state index in [1.165, 1.54) is 0 Å². The van der Waals surface area contributed by atoms with E-state index in [1.807, 2.05) is 49.7 Å². The molecule has 0 N–H and O–H groups in total. The van der Waals surface area contributed by atoms with Crippen LogP contribution in [0.3, 0.4) is 0 Å². The van der Waals surface area contributed by atoms with Crippen LogP contribution < -0.4 is 14.0 Å². The summed E-state index contributed by atoms with van der Waals surface area (Å²) in [6.07, 6.45) is 6.11. The molecule has 0 saturated heterocycles. The highest BCUT2D eigenvalue weighted by molar-refractivity contribution is 5.71. The smallest absolute Gasteiger partial charge is 0.204 e. The Balaban J connectivity index is 2.30. The zero-order valence-corrected chi connectivity index (χ0v) is 11.5. The molecule has 1 heterocycles. The number of hydrogen-bond acceptors (Lipinski definition) is 2. The summed E-state index contributed by atoms with van der Waals surface area (Å²) in [5.41, 5.74) is 2.15. The molecule has 98 valence electrons. The van der Waals surface area contributed by atoms with E-state index in [4.69, 9.17) is 9.47 Å². The molecule has 3 nitrogen and oxygen atoms in total. The van der Waals surface area contributed by atoms with E-state index >= 15 is 0 Å². The third kappa shape index (κ3) is 3.13. The second-order valence-electron chi connectivity index (χ2n) is 4.18. The number of aromatic nitrogens is 1. The molecule has 0 amide bonds. The van der Waals surface area contributed by atoms with Crippen LogP contribution in [0.25, 0.3) is 12.2 Å². The molecule has 0 saturated carbocycles. The number of aryl methyl sites for hydroxylation is 1. The molecular weight excluding hydrogens is 238 g/mol. The summed E-state index contributed by atoms with van der Waals surface area (Å²) >= 11 is 0. The summed E-state index contributed by atoms with van der Waals surface area (Å²) in [6.45, 7) is 0. The molecule has 2 aromatic rings. The van der Waals surface area contributed by atoms with E-state index in [-0.39, 0.29) is 0 Å². The van der Waals surface area contributed by atoms with Gasteiger partial charge in [0.15, 0.2) is 6.20 Å². The van der Waals surface area contributed by atoms with Crippen LogP contribution in [0.5, 0.6) is 11.5 Å². The van der Waals surface area contributed by atoms with E-state index in [2.05, 4.69) is 16.7 Å². The lowest BCUT2D eigenvalue weighted by Crippen LogP contribution is -2.30. The van der Waals surface area contributed by atoms with Crippen molar-refractivity contribution >= 4 is 12.2 Å². The number of methoxy groups -OCH3 is 2. The molecule has 0 unspecified atom stereocenters. The Morgan fingerprint density at radius 1 is 1.00 bits per heavy atom. The number of hydrogen-bond donors (Lipinski definition) is 0. The predicted molar refractivity (Wildman–Crippen MR) is 76.1 cm³/mol. The van der Waals surface area contributed by atoms with Crippen LogP contribution in [0.15, 0.2) is 42.6 Å². The molecular formula is C16H18NO2+. The molecule has 19 heavy (non-hydrogen) atoms. The van der Waals surface area contributed by atoms with Gasteiger partial charge in [-0.1, -0.05) is 0 Å². The molecule has 0 atom stereocenters. The largest absolute Gasteiger partial charge is 0.497 e. The fourth-order valence-corrected chi connectivity index (χ4v) is 1.84. The summed E-state index contributed by atoms with van der Waals surface area (Å²) in [5.74, 6) is 1.59. The third-order valence-corrected chi connectivity index (χ3v) is 2.97. The average molecular weight is 256 g/mol. The standard InChI is InChI=1S/C16H18NO2/c1-17-11-5-4-6-14(17)9-7-13-8-10-15(18-2)12-16(13)19-3/h4-12H,1-3H3/q+1. The van der Waals surface area contributed by atoms with Gasteiger partial charge in [0.05, 0.1) is 14.2 Å². The van der Waals surface area contributed by atoms with Gasteiger partial charge in [-0.2, -0.15) is 0 Å². The molecule has 3 heteroatoms. The maximum absolute atomic E-state index is 5.37. The van der Waals surface area contributed by atoms with E-state index < -0.39 is 0 Å². The first kappa shape index (κ1) is 13.1. The van der Waals surface area contributed by atoms with E-state index in [0.717, 1.165) is 22.8 Å². The highest BCUT2D eigenvalue weighted by atomic mass is 16.5. The zero-order chi connectivity index (χ0) is 13.7. The van der Waals surface area contributed by atoms with Gasteiger partial charge in [-0.15, -0.1) is 0 Å². The SMILES string of the molecule is COc1ccc(C=Cc2cccc[n+]2C)c(OC)c1. The van der Waals surface area contributed by atoms with Crippen molar-refractivity contribution in [3.05, 3.63) is 53.9 Å². The van der Waals surface area contributed by atoms with Crippen LogP contribution in [-0.4, -0.2) is 14.2 Å². The molecule has 1 aromatic carbocycles. The molecule has 1 aromatic heterocycles. The van der Waals surface area contributed by atoms with Crippen molar-refractivity contribution < 1.29 is 14.0 Å². The van der Waals surface area contributed by atoms with Crippen molar-refractivity contribution in [3.8, 4) is 11.5 Å². The van der Waals surface area contributed by atoms with E-state index in [1.54, 1.807) is 14.2 Å². The van der Waals surface area contributed by atoms with Gasteiger partial charge in [0.1, 0.15) is 18.5 Å². The third-order valence-electron chi connectivity index (χ3n) is 2.97. The number of benzene rings is 1. The van der Waals surface area contributed by atoms with Crippen molar-refractivity contribution in [1.29, 1.82) is 0 Å². The van der Waals surface area contributed by atoms with Crippen molar-refractivity contribution in [1.82, 2.24) is 0 Å². The van der Waals surface area contributed by atoms with Crippen molar-refractivity contribution in [2.24, 2.45) is 7.05 Å². The number of nitrogens with zero attached hydrogens (tertiary/aromatic N) is 1. The van der Waals surface area contributed by atoms with Crippen molar-refractivity contribution in [2.75, 3.05) is 14.2 Å². The van der Waals surface area contributed by atoms with Gasteiger partial charge < -0.3 is 9.47 Å². The lowest BCUT2D eigenvalue weighted by molar-refractivity contribution is -0.673. The monoisotopic (exact) mass is 256 g/mol. The Morgan fingerprint density at radius 3 is 2.53 bits per heavy atom. The first-order valence-electron chi connectivity index (χ1n) is 6.09. The second-order valence-corrected chi connectivity index (χ2v) is 4.18. The first-order chi connectivity index (χ1) is 9.24. The number of pyridine rings is 1. The minimum Gasteiger partial charge on any atom is -0.497 e. The maximum atomic E-state index is 5.37. The minimum absolute atomic E-state index is 0.791. The quantitative estimate of drug-likeness (QED) is 0.785. The predicted octanol–water partition coefficient (Wildman–Crippen LogP) is 2.70. The van der Waals surface area contributed by atoms with Crippen LogP contribution in [0.1, 0.15) is 11.3 Å². The van der Waals surface area contributed by atoms with Gasteiger partial charge in [0.2, 0.25) is 5.69 Å². The Morgan fingerprint density at radius 2 is 1.84 bits per heavy atom. The van der Waals surface area contributed by atoms with Gasteiger partial charge in [0.25, 0.3) is 0 Å². The molecule has 0 spiro atoms. The van der Waals surface area contributed by atoms with Crippen LogP contribution in [0.2, 0.25) is 0 Å². The Bertz CT molecular complexity index is 591. The van der Waals surface area contributed by atoms with Crippen molar-refractivity contribution in [3.63, 3.8) is 0 Å². The molecule has 0 radical (unpaired) electrons. The van der Waals surface area contributed by atoms with Crippen molar-refractivity contribution in [2.45, 2.75) is 0 Å². The Labute approximate surface area is 113 Å². The fraction of sp³-hybridized carbons (Fsp3) is 0.188. The average Bonchev–Trinajstić information content (AvgIpc) is 2.46. The maximum Gasteiger partial charge on any atom is 0.204 e. The molecule has 2 rings (SSSR count). The van der Waals surface area contributed by atoms with E-state index in [9.17, 15) is 0 Å². The first-order valence-corrected chi connectivity index (χ1v) is 6.09. The van der Waals surface area contributed by atoms with Gasteiger partial charge in [-0.3, -0.25) is 0 Å². The molecule has 0 aliphatic heterocycles. The summed E-state index contributed by atoms with van der Waals surface area (Å²) in [4.78, 5) is 0. The van der Waals surface area contributed by atoms with Gasteiger partial charge >= 0.3 is 0 Å². The summed E-state index contributed by atoms with van der Waals surface area (Å²) in [6, 6.07) is 11.9. The van der Waals surface area contributed by atoms with Crippen LogP contribution >= 0.6 is 0 Å². The van der Waals surface area contributed by atoms with E-state index in [0.29, 0.717) is 0 Å². The second kappa shape index (κ2) is 6.05. The highest BCUT2D eigenvalue weighted by Crippen LogP contribution is 2.25. The minimum atomic E-state index is 0.791. The van der Waals surface area contributed by atoms with Gasteiger partial charge in [0, 0.05) is 29.8 Å². The lowest BCUT2D eigenvalue weighted by Gasteiger charge is -2.07. The van der Waals surface area contributed by atoms with Gasteiger partial charge in [-0.05, 0) is 24.3 Å². The highest BCUT2D eigenvalue weighted by Gasteiger charge is 2.04. The summed E-state index contributed by atoms with van der Waals surface area (Å²) < 4.78 is 12.6. The van der Waals surface area contributed by atoms with Crippen LogP contribution in [0.4, 0.5) is 0 Å². The number of rotatable bonds is 4. The molecule has 0 aliphatic carbocycles. The molecule has 0 bridgehead atoms. The van der Waals surface area contributed by atoms with Gasteiger partial charge in [-0.25, -0.2) is 4.57 Å². The van der Waals surface area contributed by atoms with Crippen LogP contribution in [-0.2, 0) is 7.05 Å². The fourth-order valence-electron chi connectivity index (χ4n) is 1.84. The topological polar surface area (TPSA) is 22.3 Å². The Hall–Kier alpha value is -2.29. The Kier molecular flexibility index (Phi) is 4.18. The normalized spacial score (nSPS) is 10.7. The lowest BCUT2D eigenvalue weighted by atomic mass is 10.1. The molecule has 0 aliphatic rings. The summed E-state index contributed by atoms with van der Waals surface area (Å²) in [7, 11) is 5.33. The van der Waals surface area contributed by atoms with Crippen LogP contribution in [0, 0.1) is 0 Å².